The van der Waals surface area contributed by atoms with E-state index in [0.717, 1.165) is 19.3 Å². The minimum atomic E-state index is -1.33. The van der Waals surface area contributed by atoms with Gasteiger partial charge in [-0.3, -0.25) is 0 Å². The largest absolute Gasteiger partial charge is 0.491 e. The Labute approximate surface area is 190 Å². The second-order valence-corrected chi connectivity index (χ2v) is 7.89. The molecular weight excluding hydrogens is 439 g/mol. The van der Waals surface area contributed by atoms with Gasteiger partial charge in [-0.2, -0.15) is 4.39 Å². The third-order valence-corrected chi connectivity index (χ3v) is 5.42. The van der Waals surface area contributed by atoms with Gasteiger partial charge in [0, 0.05) is 0 Å². The molecule has 0 spiro atoms. The van der Waals surface area contributed by atoms with Crippen molar-refractivity contribution in [1.29, 1.82) is 0 Å². The molecule has 0 atom stereocenters. The SMILES string of the molecule is CCCCCOc1ccc(CCc2cc3ccc(OCCC)c(F)c3c(F)c2F)c(F)c1F. The number of hydrogen-bond donors (Lipinski definition) is 0. The highest BCUT2D eigenvalue weighted by Crippen LogP contribution is 2.32. The molecule has 0 saturated heterocycles. The van der Waals surface area contributed by atoms with Crippen molar-refractivity contribution in [3.05, 3.63) is 70.5 Å². The lowest BCUT2D eigenvalue weighted by Crippen LogP contribution is -2.05. The van der Waals surface area contributed by atoms with Gasteiger partial charge in [-0.1, -0.05) is 38.8 Å². The van der Waals surface area contributed by atoms with E-state index in [2.05, 4.69) is 0 Å². The molecule has 0 fully saturated rings. The fraction of sp³-hybridized carbons (Fsp3) is 0.385. The van der Waals surface area contributed by atoms with Gasteiger partial charge in [0.25, 0.3) is 0 Å². The quantitative estimate of drug-likeness (QED) is 0.213. The Morgan fingerprint density at radius 1 is 0.606 bits per heavy atom. The van der Waals surface area contributed by atoms with Gasteiger partial charge in [-0.25, -0.2) is 17.6 Å². The lowest BCUT2D eigenvalue weighted by molar-refractivity contribution is 0.285. The summed E-state index contributed by atoms with van der Waals surface area (Å²) in [5, 5.41) is -0.334. The van der Waals surface area contributed by atoms with E-state index in [0.29, 0.717) is 6.42 Å². The van der Waals surface area contributed by atoms with Crippen LogP contribution in [0.25, 0.3) is 10.8 Å². The van der Waals surface area contributed by atoms with Gasteiger partial charge < -0.3 is 9.47 Å². The van der Waals surface area contributed by atoms with Gasteiger partial charge in [0.2, 0.25) is 5.82 Å². The molecule has 0 heterocycles. The van der Waals surface area contributed by atoms with Crippen molar-refractivity contribution in [2.75, 3.05) is 13.2 Å². The third-order valence-electron chi connectivity index (χ3n) is 5.42. The molecule has 3 aromatic carbocycles. The monoisotopic (exact) mass is 466 g/mol. The molecule has 2 nitrogen and oxygen atoms in total. The van der Waals surface area contributed by atoms with E-state index >= 15 is 0 Å². The average Bonchev–Trinajstić information content (AvgIpc) is 2.81. The molecule has 0 radical (unpaired) electrons. The van der Waals surface area contributed by atoms with E-state index in [1.54, 1.807) is 0 Å². The van der Waals surface area contributed by atoms with Crippen LogP contribution in [0, 0.1) is 29.1 Å². The minimum Gasteiger partial charge on any atom is -0.491 e. The molecule has 0 saturated carbocycles. The molecule has 0 amide bonds. The summed E-state index contributed by atoms with van der Waals surface area (Å²) >= 11 is 0. The van der Waals surface area contributed by atoms with E-state index in [9.17, 15) is 22.0 Å². The lowest BCUT2D eigenvalue weighted by atomic mass is 9.99. The number of aryl methyl sites for hydroxylation is 2. The topological polar surface area (TPSA) is 18.5 Å². The first-order valence-electron chi connectivity index (χ1n) is 11.2. The molecule has 0 aliphatic carbocycles. The smallest absolute Gasteiger partial charge is 0.200 e. The van der Waals surface area contributed by atoms with Gasteiger partial charge in [0.15, 0.2) is 34.8 Å². The first kappa shape index (κ1) is 24.8. The first-order valence-corrected chi connectivity index (χ1v) is 11.2. The van der Waals surface area contributed by atoms with Gasteiger partial charge >= 0.3 is 0 Å². The minimum absolute atomic E-state index is 0.0165. The molecular formula is C26H27F5O2. The van der Waals surface area contributed by atoms with Crippen molar-refractivity contribution in [2.24, 2.45) is 0 Å². The standard InChI is InChI=1S/C26H27F5O2/c1-3-5-6-14-33-20-11-9-16(22(27)25(20)30)7-8-18-15-17-10-12-19(32-13-4-2)24(29)21(17)26(31)23(18)28/h9-12,15H,3-8,13-14H2,1-2H3. The normalized spacial score (nSPS) is 11.2. The summed E-state index contributed by atoms with van der Waals surface area (Å²) in [7, 11) is 0. The van der Waals surface area contributed by atoms with Crippen LogP contribution in [0.2, 0.25) is 0 Å². The maximum absolute atomic E-state index is 14.7. The van der Waals surface area contributed by atoms with Crippen LogP contribution < -0.4 is 9.47 Å². The van der Waals surface area contributed by atoms with Crippen LogP contribution in [0.1, 0.15) is 50.7 Å². The van der Waals surface area contributed by atoms with Gasteiger partial charge in [0.1, 0.15) is 0 Å². The van der Waals surface area contributed by atoms with E-state index in [1.807, 2.05) is 13.8 Å². The van der Waals surface area contributed by atoms with Crippen molar-refractivity contribution >= 4 is 10.8 Å². The number of unbranched alkanes of at least 4 members (excludes halogenated alkanes) is 2. The third kappa shape index (κ3) is 5.57. The molecule has 0 bridgehead atoms. The van der Waals surface area contributed by atoms with Gasteiger partial charge in [-0.05, 0) is 60.4 Å². The number of hydrogen-bond acceptors (Lipinski definition) is 2. The number of rotatable bonds is 11. The number of fused-ring (bicyclic) bond motifs is 1. The Morgan fingerprint density at radius 2 is 1.24 bits per heavy atom. The summed E-state index contributed by atoms with van der Waals surface area (Å²) in [6.07, 6.45) is 3.11. The zero-order chi connectivity index (χ0) is 24.0. The summed E-state index contributed by atoms with van der Waals surface area (Å²) in [5.74, 6) is -6.01. The Balaban J connectivity index is 1.80. The first-order chi connectivity index (χ1) is 15.9. The predicted molar refractivity (Wildman–Crippen MR) is 118 cm³/mol. The molecule has 3 aromatic rings. The van der Waals surface area contributed by atoms with Crippen LogP contribution in [0.15, 0.2) is 30.3 Å². The summed E-state index contributed by atoms with van der Waals surface area (Å²) in [6, 6.07) is 6.84. The number of halogens is 5. The fourth-order valence-electron chi connectivity index (χ4n) is 3.60. The summed E-state index contributed by atoms with van der Waals surface area (Å²) in [4.78, 5) is 0. The molecule has 0 aliphatic heterocycles. The summed E-state index contributed by atoms with van der Waals surface area (Å²) in [5.41, 5.74) is -0.0378. The van der Waals surface area contributed by atoms with Gasteiger partial charge in [0.05, 0.1) is 18.6 Å². The maximum atomic E-state index is 14.7. The van der Waals surface area contributed by atoms with E-state index in [-0.39, 0.29) is 54.1 Å². The van der Waals surface area contributed by atoms with Crippen LogP contribution >= 0.6 is 0 Å². The predicted octanol–water partition coefficient (Wildman–Crippen LogP) is 7.68. The lowest BCUT2D eigenvalue weighted by Gasteiger charge is -2.13. The van der Waals surface area contributed by atoms with Crippen LogP contribution in [0.5, 0.6) is 11.5 Å². The average molecular weight is 466 g/mol. The maximum Gasteiger partial charge on any atom is 0.200 e. The Morgan fingerprint density at radius 3 is 1.97 bits per heavy atom. The highest BCUT2D eigenvalue weighted by molar-refractivity contribution is 5.86. The molecule has 33 heavy (non-hydrogen) atoms. The fourth-order valence-corrected chi connectivity index (χ4v) is 3.60. The van der Waals surface area contributed by atoms with Crippen molar-refractivity contribution in [3.63, 3.8) is 0 Å². The van der Waals surface area contributed by atoms with Crippen molar-refractivity contribution in [2.45, 2.75) is 52.4 Å². The zero-order valence-electron chi connectivity index (χ0n) is 18.7. The Bertz CT molecular complexity index is 1110. The van der Waals surface area contributed by atoms with Crippen molar-refractivity contribution < 1.29 is 31.4 Å². The van der Waals surface area contributed by atoms with E-state index in [4.69, 9.17) is 9.47 Å². The Kier molecular flexibility index (Phi) is 8.53. The summed E-state index contributed by atoms with van der Waals surface area (Å²) < 4.78 is 83.4. The number of ether oxygens (including phenoxy) is 2. The van der Waals surface area contributed by atoms with Crippen molar-refractivity contribution in [1.82, 2.24) is 0 Å². The number of benzene rings is 3. The highest BCUT2D eigenvalue weighted by Gasteiger charge is 2.20. The molecule has 3 rings (SSSR count). The van der Waals surface area contributed by atoms with Crippen LogP contribution in [0.3, 0.4) is 0 Å². The molecule has 0 aromatic heterocycles. The highest BCUT2D eigenvalue weighted by atomic mass is 19.2. The van der Waals surface area contributed by atoms with E-state index < -0.39 is 34.5 Å². The molecule has 0 unspecified atom stereocenters. The van der Waals surface area contributed by atoms with Crippen LogP contribution in [-0.4, -0.2) is 13.2 Å². The molecule has 0 N–H and O–H groups in total. The molecule has 7 heteroatoms. The van der Waals surface area contributed by atoms with Crippen LogP contribution in [-0.2, 0) is 12.8 Å². The molecule has 178 valence electrons. The second-order valence-electron chi connectivity index (χ2n) is 7.89. The van der Waals surface area contributed by atoms with E-state index in [1.165, 1.54) is 30.3 Å². The summed E-state index contributed by atoms with van der Waals surface area (Å²) in [6.45, 7) is 4.39. The molecule has 0 aliphatic rings. The second kappa shape index (κ2) is 11.3. The van der Waals surface area contributed by atoms with Crippen LogP contribution in [0.4, 0.5) is 22.0 Å². The zero-order valence-corrected chi connectivity index (χ0v) is 18.7. The van der Waals surface area contributed by atoms with Crippen molar-refractivity contribution in [3.8, 4) is 11.5 Å². The Hall–Kier alpha value is -2.83. The van der Waals surface area contributed by atoms with Gasteiger partial charge in [-0.15, -0.1) is 0 Å².